The van der Waals surface area contributed by atoms with Gasteiger partial charge in [-0.25, -0.2) is 0 Å². The number of rotatable bonds is 3. The molecule has 0 amide bonds. The molecule has 0 spiro atoms. The number of nitro benzene ring substituents is 1. The topological polar surface area (TPSA) is 75.6 Å². The average Bonchev–Trinajstić information content (AvgIpc) is 2.34. The minimum atomic E-state index is -0.428. The number of hydrogen-bond donors (Lipinski definition) is 1. The van der Waals surface area contributed by atoms with E-state index in [1.165, 1.54) is 6.07 Å². The van der Waals surface area contributed by atoms with E-state index in [9.17, 15) is 10.1 Å². The van der Waals surface area contributed by atoms with Crippen LogP contribution in [0.5, 0.6) is 0 Å². The number of likely N-dealkylation sites (N-methyl/N-ethyl adjacent to an activating group) is 1. The minimum Gasteiger partial charge on any atom is -0.393 e. The van der Waals surface area contributed by atoms with Crippen LogP contribution in [0.2, 0.25) is 0 Å². The van der Waals surface area contributed by atoms with Crippen molar-refractivity contribution < 1.29 is 4.92 Å². The zero-order valence-corrected chi connectivity index (χ0v) is 10.5. The molecule has 1 fully saturated rings. The number of nitrogens with zero attached hydrogens (tertiary/aromatic N) is 3. The molecule has 0 bridgehead atoms. The van der Waals surface area contributed by atoms with Crippen molar-refractivity contribution in [2.45, 2.75) is 6.54 Å². The normalized spacial score (nSPS) is 17.8. The van der Waals surface area contributed by atoms with Crippen molar-refractivity contribution in [2.75, 3.05) is 39.0 Å². The van der Waals surface area contributed by atoms with Gasteiger partial charge in [0.2, 0.25) is 0 Å². The van der Waals surface area contributed by atoms with Gasteiger partial charge in [-0.15, -0.1) is 0 Å². The van der Waals surface area contributed by atoms with Crippen molar-refractivity contribution in [3.05, 3.63) is 33.9 Å². The zero-order chi connectivity index (χ0) is 13.1. The van der Waals surface area contributed by atoms with Gasteiger partial charge in [0.15, 0.2) is 0 Å². The Morgan fingerprint density at radius 3 is 2.61 bits per heavy atom. The second kappa shape index (κ2) is 5.32. The van der Waals surface area contributed by atoms with Crippen LogP contribution in [0, 0.1) is 10.1 Å². The predicted octanol–water partition coefficient (Wildman–Crippen LogP) is 0.924. The molecule has 98 valence electrons. The third-order valence-electron chi connectivity index (χ3n) is 3.36. The summed E-state index contributed by atoms with van der Waals surface area (Å²) in [7, 11) is 2.10. The molecular weight excluding hydrogens is 232 g/mol. The van der Waals surface area contributed by atoms with Crippen LogP contribution < -0.4 is 5.73 Å². The van der Waals surface area contributed by atoms with Gasteiger partial charge in [-0.3, -0.25) is 15.0 Å². The maximum atomic E-state index is 10.8. The predicted molar refractivity (Wildman–Crippen MR) is 70.3 cm³/mol. The van der Waals surface area contributed by atoms with E-state index in [1.54, 1.807) is 6.07 Å². The molecule has 18 heavy (non-hydrogen) atoms. The van der Waals surface area contributed by atoms with Crippen LogP contribution in [0.4, 0.5) is 11.4 Å². The fourth-order valence-corrected chi connectivity index (χ4v) is 2.14. The van der Waals surface area contributed by atoms with Gasteiger partial charge in [0, 0.05) is 38.8 Å². The number of nitrogen functional groups attached to an aromatic ring is 1. The maximum absolute atomic E-state index is 10.8. The molecule has 1 aliphatic heterocycles. The quantitative estimate of drug-likeness (QED) is 0.490. The first-order valence-electron chi connectivity index (χ1n) is 6.00. The highest BCUT2D eigenvalue weighted by Crippen LogP contribution is 2.25. The van der Waals surface area contributed by atoms with Crippen LogP contribution in [-0.2, 0) is 6.54 Å². The lowest BCUT2D eigenvalue weighted by Crippen LogP contribution is -2.43. The Labute approximate surface area is 106 Å². The van der Waals surface area contributed by atoms with Gasteiger partial charge in [0.25, 0.3) is 5.69 Å². The molecule has 1 saturated heterocycles. The van der Waals surface area contributed by atoms with E-state index in [-0.39, 0.29) is 5.69 Å². The highest BCUT2D eigenvalue weighted by molar-refractivity contribution is 5.62. The van der Waals surface area contributed by atoms with Gasteiger partial charge in [0.05, 0.1) is 4.92 Å². The fourth-order valence-electron chi connectivity index (χ4n) is 2.14. The lowest BCUT2D eigenvalue weighted by atomic mass is 10.1. The zero-order valence-electron chi connectivity index (χ0n) is 10.5. The molecule has 1 aliphatic rings. The first kappa shape index (κ1) is 12.8. The van der Waals surface area contributed by atoms with Crippen LogP contribution >= 0.6 is 0 Å². The summed E-state index contributed by atoms with van der Waals surface area (Å²) in [6.07, 6.45) is 0. The number of benzene rings is 1. The maximum Gasteiger partial charge on any atom is 0.292 e. The highest BCUT2D eigenvalue weighted by atomic mass is 16.6. The molecule has 1 aromatic carbocycles. The monoisotopic (exact) mass is 250 g/mol. The second-order valence-corrected chi connectivity index (χ2v) is 4.69. The molecule has 1 aromatic rings. The summed E-state index contributed by atoms with van der Waals surface area (Å²) in [4.78, 5) is 14.9. The number of nitrogens with two attached hydrogens (primary N) is 1. The standard InChI is InChI=1S/C12H18N4O2/c1-14-5-7-15(8-6-14)9-10-3-2-4-11(12(10)13)16(17)18/h2-4H,5-9,13H2,1H3. The van der Waals surface area contributed by atoms with Crippen molar-refractivity contribution in [1.82, 2.24) is 9.80 Å². The SMILES string of the molecule is CN1CCN(Cc2cccc([N+](=O)[O-])c2N)CC1. The smallest absolute Gasteiger partial charge is 0.292 e. The Kier molecular flexibility index (Phi) is 3.78. The molecule has 0 aromatic heterocycles. The van der Waals surface area contributed by atoms with Crippen LogP contribution in [0.1, 0.15) is 5.56 Å². The average molecular weight is 250 g/mol. The Bertz CT molecular complexity index is 442. The molecule has 6 heteroatoms. The summed E-state index contributed by atoms with van der Waals surface area (Å²) in [5.41, 5.74) is 6.99. The van der Waals surface area contributed by atoms with Crippen molar-refractivity contribution >= 4 is 11.4 Å². The molecule has 1 heterocycles. The third kappa shape index (κ3) is 2.77. The van der Waals surface area contributed by atoms with E-state index in [4.69, 9.17) is 5.73 Å². The summed E-state index contributed by atoms with van der Waals surface area (Å²) in [5.74, 6) is 0. The van der Waals surface area contributed by atoms with Crippen LogP contribution in [-0.4, -0.2) is 47.9 Å². The minimum absolute atomic E-state index is 0.00151. The van der Waals surface area contributed by atoms with Crippen LogP contribution in [0.15, 0.2) is 18.2 Å². The number of nitro groups is 1. The lowest BCUT2D eigenvalue weighted by molar-refractivity contribution is -0.384. The van der Waals surface area contributed by atoms with Gasteiger partial charge in [-0.1, -0.05) is 12.1 Å². The highest BCUT2D eigenvalue weighted by Gasteiger charge is 2.18. The first-order chi connectivity index (χ1) is 8.58. The lowest BCUT2D eigenvalue weighted by Gasteiger charge is -2.32. The van der Waals surface area contributed by atoms with E-state index in [2.05, 4.69) is 16.8 Å². The molecule has 0 saturated carbocycles. The fraction of sp³-hybridized carbons (Fsp3) is 0.500. The molecule has 0 radical (unpaired) electrons. The van der Waals surface area contributed by atoms with Gasteiger partial charge >= 0.3 is 0 Å². The van der Waals surface area contributed by atoms with Crippen molar-refractivity contribution in [1.29, 1.82) is 0 Å². The number of para-hydroxylation sites is 1. The van der Waals surface area contributed by atoms with E-state index in [1.807, 2.05) is 6.07 Å². The largest absolute Gasteiger partial charge is 0.393 e. The number of piperazine rings is 1. The molecule has 0 aliphatic carbocycles. The van der Waals surface area contributed by atoms with Gasteiger partial charge < -0.3 is 10.6 Å². The third-order valence-corrected chi connectivity index (χ3v) is 3.36. The Hall–Kier alpha value is -1.66. The summed E-state index contributed by atoms with van der Waals surface area (Å²) < 4.78 is 0. The van der Waals surface area contributed by atoms with Gasteiger partial charge in [0.1, 0.15) is 5.69 Å². The van der Waals surface area contributed by atoms with Gasteiger partial charge in [-0.05, 0) is 12.6 Å². The molecule has 6 nitrogen and oxygen atoms in total. The van der Waals surface area contributed by atoms with Crippen molar-refractivity contribution in [3.8, 4) is 0 Å². The van der Waals surface area contributed by atoms with Crippen LogP contribution in [0.25, 0.3) is 0 Å². The number of hydrogen-bond acceptors (Lipinski definition) is 5. The van der Waals surface area contributed by atoms with E-state index < -0.39 is 4.92 Å². The van der Waals surface area contributed by atoms with E-state index >= 15 is 0 Å². The van der Waals surface area contributed by atoms with Crippen LogP contribution in [0.3, 0.4) is 0 Å². The summed E-state index contributed by atoms with van der Waals surface area (Å²) in [5, 5.41) is 10.8. The first-order valence-corrected chi connectivity index (χ1v) is 6.00. The summed E-state index contributed by atoms with van der Waals surface area (Å²) in [6.45, 7) is 4.67. The molecule has 2 N–H and O–H groups in total. The van der Waals surface area contributed by atoms with Crippen molar-refractivity contribution in [2.24, 2.45) is 0 Å². The Balaban J connectivity index is 2.10. The second-order valence-electron chi connectivity index (χ2n) is 4.69. The van der Waals surface area contributed by atoms with E-state index in [0.717, 1.165) is 31.7 Å². The van der Waals surface area contributed by atoms with Crippen molar-refractivity contribution in [3.63, 3.8) is 0 Å². The molecule has 2 rings (SSSR count). The van der Waals surface area contributed by atoms with E-state index in [0.29, 0.717) is 12.2 Å². The summed E-state index contributed by atoms with van der Waals surface area (Å²) in [6, 6.07) is 5.00. The molecule has 0 atom stereocenters. The number of anilines is 1. The Morgan fingerprint density at radius 1 is 1.33 bits per heavy atom. The molecule has 0 unspecified atom stereocenters. The summed E-state index contributed by atoms with van der Waals surface area (Å²) >= 11 is 0. The van der Waals surface area contributed by atoms with Gasteiger partial charge in [-0.2, -0.15) is 0 Å². The molecular formula is C12H18N4O2. The Morgan fingerprint density at radius 2 is 2.00 bits per heavy atom.